The summed E-state index contributed by atoms with van der Waals surface area (Å²) in [6, 6.07) is 17.1. The Labute approximate surface area is 199 Å². The molecule has 174 valence electrons. The number of aromatic nitrogens is 4. The van der Waals surface area contributed by atoms with Crippen LogP contribution in [-0.2, 0) is 15.0 Å². The van der Waals surface area contributed by atoms with E-state index in [1.54, 1.807) is 0 Å². The number of hydrogen-bond donors (Lipinski definition) is 3. The third-order valence-electron chi connectivity index (χ3n) is 6.47. The summed E-state index contributed by atoms with van der Waals surface area (Å²) < 4.78 is 13.2. The zero-order valence-electron chi connectivity index (χ0n) is 19.0. The van der Waals surface area contributed by atoms with Crippen molar-refractivity contribution in [1.82, 2.24) is 20.2 Å². The van der Waals surface area contributed by atoms with Crippen LogP contribution in [0.5, 0.6) is 0 Å². The number of imidazole rings is 1. The lowest BCUT2D eigenvalue weighted by Gasteiger charge is -2.20. The minimum absolute atomic E-state index is 0.167. The summed E-state index contributed by atoms with van der Waals surface area (Å²) in [6.07, 6.45) is 0. The molecule has 8 nitrogen and oxygen atoms in total. The van der Waals surface area contributed by atoms with E-state index in [0.717, 1.165) is 22.0 Å². The van der Waals surface area contributed by atoms with E-state index < -0.39 is 11.2 Å². The van der Waals surface area contributed by atoms with Gasteiger partial charge in [-0.15, -0.1) is 0 Å². The SMILES string of the molecule is CC1(C)C(=O)N(CC(=O)Nc2ccc(F)cc2)c2cc3nc(-c4n[nH]c5ccccc45)[nH]c3cc21. The van der Waals surface area contributed by atoms with Gasteiger partial charge in [0.05, 0.1) is 27.7 Å². The Hall–Kier alpha value is -4.53. The van der Waals surface area contributed by atoms with Crippen molar-refractivity contribution in [2.75, 3.05) is 16.8 Å². The first kappa shape index (κ1) is 21.0. The maximum Gasteiger partial charge on any atom is 0.244 e. The molecule has 0 spiro atoms. The van der Waals surface area contributed by atoms with Crippen LogP contribution in [0.25, 0.3) is 33.5 Å². The number of rotatable bonds is 4. The second-order valence-electron chi connectivity index (χ2n) is 9.16. The molecular weight excluding hydrogens is 447 g/mol. The van der Waals surface area contributed by atoms with Gasteiger partial charge in [-0.1, -0.05) is 18.2 Å². The predicted octanol–water partition coefficient (Wildman–Crippen LogP) is 4.51. The summed E-state index contributed by atoms with van der Waals surface area (Å²) >= 11 is 0. The van der Waals surface area contributed by atoms with Gasteiger partial charge in [-0.05, 0) is 61.9 Å². The molecule has 0 aliphatic carbocycles. The van der Waals surface area contributed by atoms with Crippen LogP contribution >= 0.6 is 0 Å². The Morgan fingerprint density at radius 1 is 1.09 bits per heavy atom. The number of hydrogen-bond acceptors (Lipinski definition) is 4. The summed E-state index contributed by atoms with van der Waals surface area (Å²) in [5.41, 5.74) is 4.17. The molecule has 0 bridgehead atoms. The van der Waals surface area contributed by atoms with E-state index in [2.05, 4.69) is 20.5 Å². The van der Waals surface area contributed by atoms with Crippen LogP contribution in [0.2, 0.25) is 0 Å². The summed E-state index contributed by atoms with van der Waals surface area (Å²) in [5, 5.41) is 11.1. The summed E-state index contributed by atoms with van der Waals surface area (Å²) in [5.74, 6) is -0.322. The number of aromatic amines is 2. The standard InChI is InChI=1S/C26H21FN6O2/c1-26(2)17-11-19-20(30-24(29-19)23-16-5-3-4-6-18(16)31-32-23)12-21(17)33(25(26)35)13-22(34)28-15-9-7-14(27)8-10-15/h3-12H,13H2,1-2H3,(H,28,34)(H,29,30)(H,31,32). The quantitative estimate of drug-likeness (QED) is 0.361. The normalized spacial score (nSPS) is 14.6. The average Bonchev–Trinajstić information content (AvgIpc) is 3.50. The summed E-state index contributed by atoms with van der Waals surface area (Å²) in [6.45, 7) is 3.52. The molecule has 3 N–H and O–H groups in total. The molecule has 2 aromatic heterocycles. The van der Waals surface area contributed by atoms with E-state index in [9.17, 15) is 14.0 Å². The highest BCUT2D eigenvalue weighted by atomic mass is 19.1. The molecule has 0 fully saturated rings. The Morgan fingerprint density at radius 3 is 2.66 bits per heavy atom. The maximum atomic E-state index is 13.3. The summed E-state index contributed by atoms with van der Waals surface area (Å²) in [4.78, 5) is 35.5. The molecule has 1 aliphatic rings. The highest BCUT2D eigenvalue weighted by molar-refractivity contribution is 6.13. The second-order valence-corrected chi connectivity index (χ2v) is 9.16. The van der Waals surface area contributed by atoms with E-state index in [-0.39, 0.29) is 18.4 Å². The zero-order valence-corrected chi connectivity index (χ0v) is 19.0. The first-order valence-electron chi connectivity index (χ1n) is 11.2. The largest absolute Gasteiger partial charge is 0.337 e. The first-order valence-corrected chi connectivity index (χ1v) is 11.2. The highest BCUT2D eigenvalue weighted by Crippen LogP contribution is 2.43. The van der Waals surface area contributed by atoms with Gasteiger partial charge >= 0.3 is 0 Å². The van der Waals surface area contributed by atoms with E-state index in [1.165, 1.54) is 29.2 Å². The van der Waals surface area contributed by atoms with Gasteiger partial charge in [0.25, 0.3) is 0 Å². The number of carbonyl (C=O) groups is 2. The average molecular weight is 468 g/mol. The fourth-order valence-electron chi connectivity index (χ4n) is 4.62. The number of amides is 2. The van der Waals surface area contributed by atoms with E-state index in [4.69, 9.17) is 4.98 Å². The lowest BCUT2D eigenvalue weighted by Crippen LogP contribution is -2.40. The Bertz CT molecular complexity index is 1630. The van der Waals surface area contributed by atoms with E-state index in [1.807, 2.05) is 50.2 Å². The van der Waals surface area contributed by atoms with Crippen LogP contribution < -0.4 is 10.2 Å². The van der Waals surface area contributed by atoms with Crippen molar-refractivity contribution in [3.8, 4) is 11.5 Å². The Balaban J connectivity index is 1.36. The number of anilines is 2. The molecule has 9 heteroatoms. The van der Waals surface area contributed by atoms with Crippen molar-refractivity contribution in [3.05, 3.63) is 72.0 Å². The molecule has 0 radical (unpaired) electrons. The van der Waals surface area contributed by atoms with Crippen molar-refractivity contribution in [3.63, 3.8) is 0 Å². The third-order valence-corrected chi connectivity index (χ3v) is 6.47. The topological polar surface area (TPSA) is 107 Å². The molecule has 0 saturated carbocycles. The number of H-pyrrole nitrogens is 2. The molecule has 5 aromatic rings. The molecule has 35 heavy (non-hydrogen) atoms. The van der Waals surface area contributed by atoms with Gasteiger partial charge in [-0.3, -0.25) is 14.7 Å². The molecule has 6 rings (SSSR count). The molecule has 2 amide bonds. The van der Waals surface area contributed by atoms with Crippen molar-refractivity contribution in [2.24, 2.45) is 0 Å². The fourth-order valence-corrected chi connectivity index (χ4v) is 4.62. The molecule has 0 saturated heterocycles. The van der Waals surface area contributed by atoms with Crippen LogP contribution in [-0.4, -0.2) is 38.5 Å². The van der Waals surface area contributed by atoms with Gasteiger partial charge in [-0.2, -0.15) is 5.10 Å². The van der Waals surface area contributed by atoms with Crippen molar-refractivity contribution >= 4 is 45.1 Å². The van der Waals surface area contributed by atoms with Crippen LogP contribution in [0.3, 0.4) is 0 Å². The number of halogens is 1. The smallest absolute Gasteiger partial charge is 0.244 e. The van der Waals surface area contributed by atoms with Crippen molar-refractivity contribution in [1.29, 1.82) is 0 Å². The minimum Gasteiger partial charge on any atom is -0.337 e. The number of carbonyl (C=O) groups excluding carboxylic acids is 2. The van der Waals surface area contributed by atoms with Gasteiger partial charge in [0.1, 0.15) is 18.1 Å². The number of benzene rings is 3. The predicted molar refractivity (Wildman–Crippen MR) is 132 cm³/mol. The van der Waals surface area contributed by atoms with Gasteiger partial charge < -0.3 is 15.2 Å². The number of nitrogens with zero attached hydrogens (tertiary/aromatic N) is 3. The summed E-state index contributed by atoms with van der Waals surface area (Å²) in [7, 11) is 0. The maximum absolute atomic E-state index is 13.3. The molecule has 1 aliphatic heterocycles. The van der Waals surface area contributed by atoms with E-state index >= 15 is 0 Å². The second kappa shape index (κ2) is 7.49. The number of para-hydroxylation sites is 1. The monoisotopic (exact) mass is 468 g/mol. The fraction of sp³-hybridized carbons (Fsp3) is 0.154. The molecule has 3 aromatic carbocycles. The van der Waals surface area contributed by atoms with Gasteiger partial charge in [0.2, 0.25) is 11.8 Å². The lowest BCUT2D eigenvalue weighted by atomic mass is 9.86. The minimum atomic E-state index is -0.815. The van der Waals surface area contributed by atoms with Gasteiger partial charge in [-0.25, -0.2) is 9.37 Å². The van der Waals surface area contributed by atoms with E-state index in [0.29, 0.717) is 28.4 Å². The van der Waals surface area contributed by atoms with Gasteiger partial charge in [0.15, 0.2) is 5.82 Å². The molecule has 0 atom stereocenters. The Morgan fingerprint density at radius 2 is 1.86 bits per heavy atom. The zero-order chi connectivity index (χ0) is 24.3. The van der Waals surface area contributed by atoms with Crippen molar-refractivity contribution < 1.29 is 14.0 Å². The molecular formula is C26H21FN6O2. The molecule has 3 heterocycles. The first-order chi connectivity index (χ1) is 16.8. The van der Waals surface area contributed by atoms with Crippen LogP contribution in [0.1, 0.15) is 19.4 Å². The lowest BCUT2D eigenvalue weighted by molar-refractivity contribution is -0.124. The van der Waals surface area contributed by atoms with Gasteiger partial charge in [0, 0.05) is 11.1 Å². The highest BCUT2D eigenvalue weighted by Gasteiger charge is 2.45. The van der Waals surface area contributed by atoms with Crippen molar-refractivity contribution in [2.45, 2.75) is 19.3 Å². The Kier molecular flexibility index (Phi) is 4.50. The molecule has 0 unspecified atom stereocenters. The number of nitrogens with one attached hydrogen (secondary N) is 3. The van der Waals surface area contributed by atoms with Crippen LogP contribution in [0.15, 0.2) is 60.7 Å². The third kappa shape index (κ3) is 3.35. The number of fused-ring (bicyclic) bond motifs is 3. The van der Waals surface area contributed by atoms with Crippen LogP contribution in [0.4, 0.5) is 15.8 Å². The van der Waals surface area contributed by atoms with Crippen LogP contribution in [0, 0.1) is 5.82 Å².